The van der Waals surface area contributed by atoms with Crippen molar-refractivity contribution >= 4 is 39.2 Å². The summed E-state index contributed by atoms with van der Waals surface area (Å²) in [5.41, 5.74) is 3.15. The summed E-state index contributed by atoms with van der Waals surface area (Å²) in [5.74, 6) is -1.13. The number of hydrogen-bond acceptors (Lipinski definition) is 5. The molecule has 1 aliphatic heterocycles. The number of carbonyl (C=O) groups excluding carboxylic acids is 2. The Labute approximate surface area is 200 Å². The van der Waals surface area contributed by atoms with E-state index >= 15 is 0 Å². The van der Waals surface area contributed by atoms with Crippen LogP contribution in [0.5, 0.6) is 0 Å². The fraction of sp³-hybridized carbons (Fsp3) is 0.417. The zero-order valence-corrected chi connectivity index (χ0v) is 20.6. The Morgan fingerprint density at radius 2 is 1.76 bits per heavy atom. The molecule has 0 spiro atoms. The van der Waals surface area contributed by atoms with Crippen molar-refractivity contribution in [2.75, 3.05) is 18.4 Å². The van der Waals surface area contributed by atoms with Gasteiger partial charge in [-0.2, -0.15) is 4.31 Å². The SMILES string of the molecule is Cc1ccc(CC(=O)OC(C)C(=O)Nc2cc(S(=O)(=O)N3CCCCC3)ccc2Cl)cc1C. The molecule has 1 N–H and O–H groups in total. The summed E-state index contributed by atoms with van der Waals surface area (Å²) in [5, 5.41) is 2.77. The summed E-state index contributed by atoms with van der Waals surface area (Å²) in [6.07, 6.45) is 1.61. The predicted molar refractivity (Wildman–Crippen MR) is 128 cm³/mol. The van der Waals surface area contributed by atoms with E-state index in [9.17, 15) is 18.0 Å². The second kappa shape index (κ2) is 10.7. The molecule has 0 radical (unpaired) electrons. The van der Waals surface area contributed by atoms with Gasteiger partial charge >= 0.3 is 5.97 Å². The number of carbonyl (C=O) groups is 2. The molecule has 7 nitrogen and oxygen atoms in total. The van der Waals surface area contributed by atoms with Crippen LogP contribution in [0.2, 0.25) is 5.02 Å². The average molecular weight is 493 g/mol. The van der Waals surface area contributed by atoms with E-state index in [1.165, 1.54) is 29.4 Å². The van der Waals surface area contributed by atoms with Gasteiger partial charge in [0.2, 0.25) is 10.0 Å². The molecule has 1 atom stereocenters. The quantitative estimate of drug-likeness (QED) is 0.583. The van der Waals surface area contributed by atoms with Crippen molar-refractivity contribution < 1.29 is 22.7 Å². The van der Waals surface area contributed by atoms with Gasteiger partial charge in [0.25, 0.3) is 5.91 Å². The van der Waals surface area contributed by atoms with Crippen molar-refractivity contribution in [2.45, 2.75) is 57.5 Å². The van der Waals surface area contributed by atoms with E-state index in [1.807, 2.05) is 32.0 Å². The van der Waals surface area contributed by atoms with Crippen LogP contribution >= 0.6 is 11.6 Å². The molecule has 1 saturated heterocycles. The lowest BCUT2D eigenvalue weighted by atomic mass is 10.0. The Morgan fingerprint density at radius 3 is 2.42 bits per heavy atom. The molecule has 2 aromatic rings. The number of nitrogens with zero attached hydrogens (tertiary/aromatic N) is 1. The highest BCUT2D eigenvalue weighted by Gasteiger charge is 2.27. The monoisotopic (exact) mass is 492 g/mol. The zero-order valence-electron chi connectivity index (χ0n) is 19.1. The third-order valence-corrected chi connectivity index (χ3v) is 7.97. The van der Waals surface area contributed by atoms with E-state index in [-0.39, 0.29) is 22.0 Å². The molecule has 1 fully saturated rings. The van der Waals surface area contributed by atoms with Gasteiger partial charge in [0.15, 0.2) is 6.10 Å². The van der Waals surface area contributed by atoms with E-state index in [2.05, 4.69) is 5.32 Å². The number of hydrogen-bond donors (Lipinski definition) is 1. The predicted octanol–water partition coefficient (Wildman–Crippen LogP) is 4.24. The van der Waals surface area contributed by atoms with E-state index < -0.39 is 28.0 Å². The summed E-state index contributed by atoms with van der Waals surface area (Å²) in [6.45, 7) is 6.35. The normalized spacial score (nSPS) is 15.6. The summed E-state index contributed by atoms with van der Waals surface area (Å²) in [4.78, 5) is 25.0. The number of halogens is 1. The van der Waals surface area contributed by atoms with Gasteiger partial charge in [0.1, 0.15) is 0 Å². The van der Waals surface area contributed by atoms with Gasteiger partial charge < -0.3 is 10.1 Å². The zero-order chi connectivity index (χ0) is 24.2. The van der Waals surface area contributed by atoms with Crippen LogP contribution in [0, 0.1) is 13.8 Å². The first-order valence-corrected chi connectivity index (χ1v) is 12.8. The molecule has 3 rings (SSSR count). The van der Waals surface area contributed by atoms with Crippen LogP contribution in [-0.4, -0.2) is 43.8 Å². The Balaban J connectivity index is 1.65. The van der Waals surface area contributed by atoms with Crippen molar-refractivity contribution in [3.63, 3.8) is 0 Å². The topological polar surface area (TPSA) is 92.8 Å². The first-order chi connectivity index (χ1) is 15.6. The molecule has 0 aliphatic carbocycles. The number of amides is 1. The number of anilines is 1. The number of nitrogens with one attached hydrogen (secondary N) is 1. The summed E-state index contributed by atoms with van der Waals surface area (Å²) < 4.78 is 32.6. The molecular formula is C24H29ClN2O5S. The fourth-order valence-corrected chi connectivity index (χ4v) is 5.33. The molecule has 1 unspecified atom stereocenters. The van der Waals surface area contributed by atoms with Gasteiger partial charge in [-0.25, -0.2) is 8.42 Å². The number of benzene rings is 2. The van der Waals surface area contributed by atoms with E-state index in [0.29, 0.717) is 13.1 Å². The van der Waals surface area contributed by atoms with E-state index in [0.717, 1.165) is 36.0 Å². The summed E-state index contributed by atoms with van der Waals surface area (Å²) >= 11 is 6.19. The second-order valence-corrected chi connectivity index (χ2v) is 10.7. The first-order valence-electron chi connectivity index (χ1n) is 10.9. The molecule has 33 heavy (non-hydrogen) atoms. The average Bonchev–Trinajstić information content (AvgIpc) is 2.78. The molecular weight excluding hydrogens is 464 g/mol. The number of aryl methyl sites for hydroxylation is 2. The van der Waals surface area contributed by atoms with Crippen LogP contribution < -0.4 is 5.32 Å². The lowest BCUT2D eigenvalue weighted by Gasteiger charge is -2.26. The standard InChI is InChI=1S/C24H29ClN2O5S/c1-16-7-8-19(13-17(16)2)14-23(28)32-18(3)24(29)26-22-15-20(9-10-21(22)25)33(30,31)27-11-5-4-6-12-27/h7-10,13,15,18H,4-6,11-12,14H2,1-3H3,(H,26,29). The molecule has 2 aromatic carbocycles. The Morgan fingerprint density at radius 1 is 1.06 bits per heavy atom. The van der Waals surface area contributed by atoms with Crippen LogP contribution in [0.1, 0.15) is 42.9 Å². The van der Waals surface area contributed by atoms with Gasteiger partial charge in [0.05, 0.1) is 22.0 Å². The van der Waals surface area contributed by atoms with Gasteiger partial charge in [-0.1, -0.05) is 36.2 Å². The van der Waals surface area contributed by atoms with Crippen LogP contribution in [0.15, 0.2) is 41.3 Å². The van der Waals surface area contributed by atoms with E-state index in [1.54, 1.807) is 0 Å². The summed E-state index contributed by atoms with van der Waals surface area (Å²) in [6, 6.07) is 9.89. The number of sulfonamides is 1. The minimum absolute atomic E-state index is 0.0447. The molecule has 0 bridgehead atoms. The Kier molecular flexibility index (Phi) is 8.15. The third-order valence-electron chi connectivity index (χ3n) is 5.75. The first kappa shape index (κ1) is 25.2. The number of rotatable bonds is 7. The van der Waals surface area contributed by atoms with Crippen LogP contribution in [-0.2, 0) is 30.8 Å². The maximum Gasteiger partial charge on any atom is 0.311 e. The lowest BCUT2D eigenvalue weighted by molar-refractivity contribution is -0.152. The number of esters is 1. The maximum absolute atomic E-state index is 12.9. The van der Waals surface area contributed by atoms with Crippen LogP contribution in [0.3, 0.4) is 0 Å². The van der Waals surface area contributed by atoms with Crippen molar-refractivity contribution in [3.05, 3.63) is 58.1 Å². The van der Waals surface area contributed by atoms with Crippen LogP contribution in [0.4, 0.5) is 5.69 Å². The van der Waals surface area contributed by atoms with Crippen molar-refractivity contribution in [2.24, 2.45) is 0 Å². The smallest absolute Gasteiger partial charge is 0.311 e. The molecule has 178 valence electrons. The molecule has 1 heterocycles. The van der Waals surface area contributed by atoms with Crippen molar-refractivity contribution in [3.8, 4) is 0 Å². The third kappa shape index (κ3) is 6.34. The van der Waals surface area contributed by atoms with Crippen molar-refractivity contribution in [1.29, 1.82) is 0 Å². The van der Waals surface area contributed by atoms with Gasteiger partial charge in [-0.05, 0) is 68.5 Å². The Bertz CT molecular complexity index is 1140. The van der Waals surface area contributed by atoms with Crippen LogP contribution in [0.25, 0.3) is 0 Å². The highest BCUT2D eigenvalue weighted by molar-refractivity contribution is 7.89. The molecule has 9 heteroatoms. The molecule has 0 saturated carbocycles. The maximum atomic E-state index is 12.9. The lowest BCUT2D eigenvalue weighted by Crippen LogP contribution is -2.35. The van der Waals surface area contributed by atoms with Crippen molar-refractivity contribution in [1.82, 2.24) is 4.31 Å². The van der Waals surface area contributed by atoms with Gasteiger partial charge in [0, 0.05) is 13.1 Å². The minimum Gasteiger partial charge on any atom is -0.452 e. The molecule has 0 aromatic heterocycles. The summed E-state index contributed by atoms with van der Waals surface area (Å²) in [7, 11) is -3.68. The van der Waals surface area contributed by atoms with Gasteiger partial charge in [-0.3, -0.25) is 9.59 Å². The van der Waals surface area contributed by atoms with E-state index in [4.69, 9.17) is 16.3 Å². The number of ether oxygens (including phenoxy) is 1. The second-order valence-electron chi connectivity index (χ2n) is 8.32. The minimum atomic E-state index is -3.68. The fourth-order valence-electron chi connectivity index (χ4n) is 3.62. The largest absolute Gasteiger partial charge is 0.452 e. The molecule has 1 amide bonds. The number of piperidine rings is 1. The van der Waals surface area contributed by atoms with Gasteiger partial charge in [-0.15, -0.1) is 0 Å². The highest BCUT2D eigenvalue weighted by atomic mass is 35.5. The molecule has 1 aliphatic rings. The Hall–Kier alpha value is -2.42. The highest BCUT2D eigenvalue weighted by Crippen LogP contribution is 2.28.